The van der Waals surface area contributed by atoms with Crippen LogP contribution >= 0.6 is 11.6 Å². The van der Waals surface area contributed by atoms with Crippen LogP contribution in [0.5, 0.6) is 0 Å². The topological polar surface area (TPSA) is 47.8 Å². The van der Waals surface area contributed by atoms with Gasteiger partial charge in [-0.05, 0) is 12.5 Å². The van der Waals surface area contributed by atoms with Gasteiger partial charge in [0.05, 0.1) is 23.0 Å². The molecule has 4 nitrogen and oxygen atoms in total. The van der Waals surface area contributed by atoms with Crippen molar-refractivity contribution in [2.24, 2.45) is 0 Å². The Morgan fingerprint density at radius 1 is 1.50 bits per heavy atom. The minimum absolute atomic E-state index is 0.0512. The summed E-state index contributed by atoms with van der Waals surface area (Å²) in [4.78, 5) is 15.8. The van der Waals surface area contributed by atoms with Crippen LogP contribution in [0, 0.1) is 5.82 Å². The van der Waals surface area contributed by atoms with Crippen LogP contribution in [0.15, 0.2) is 24.7 Å². The number of pyridine rings is 1. The average Bonchev–Trinajstić information content (AvgIpc) is 2.71. The van der Waals surface area contributed by atoms with Crippen molar-refractivity contribution in [1.82, 2.24) is 14.8 Å². The molecule has 6 heteroatoms. The predicted molar refractivity (Wildman–Crippen MR) is 65.2 cm³/mol. The standard InChI is InChI=1S/C12H11ClFN3O/c1-2-5-17-11(9(13)6-16-17)12(18)8-3-4-15-7-10(8)14/h3-4,6-7H,2,5H2,1H3. The van der Waals surface area contributed by atoms with Crippen molar-refractivity contribution in [3.05, 3.63) is 46.8 Å². The molecule has 2 rings (SSSR count). The maximum Gasteiger partial charge on any atom is 0.215 e. The fourth-order valence-electron chi connectivity index (χ4n) is 1.66. The SMILES string of the molecule is CCCn1ncc(Cl)c1C(=O)c1ccncc1F. The minimum Gasteiger partial charge on any atom is -0.287 e. The molecule has 0 bridgehead atoms. The van der Waals surface area contributed by atoms with E-state index in [9.17, 15) is 9.18 Å². The third-order valence-electron chi connectivity index (χ3n) is 2.46. The van der Waals surface area contributed by atoms with Gasteiger partial charge in [0, 0.05) is 12.7 Å². The highest BCUT2D eigenvalue weighted by Gasteiger charge is 2.21. The largest absolute Gasteiger partial charge is 0.287 e. The van der Waals surface area contributed by atoms with Gasteiger partial charge in [-0.2, -0.15) is 5.10 Å². The lowest BCUT2D eigenvalue weighted by Gasteiger charge is -2.06. The first-order valence-electron chi connectivity index (χ1n) is 5.50. The molecule has 94 valence electrons. The molecule has 2 aromatic heterocycles. The molecular weight excluding hydrogens is 257 g/mol. The third kappa shape index (κ3) is 2.26. The van der Waals surface area contributed by atoms with Gasteiger partial charge in [0.25, 0.3) is 0 Å². The number of aromatic nitrogens is 3. The lowest BCUT2D eigenvalue weighted by molar-refractivity contribution is 0.102. The zero-order valence-corrected chi connectivity index (χ0v) is 10.5. The van der Waals surface area contributed by atoms with Gasteiger partial charge in [-0.15, -0.1) is 0 Å². The van der Waals surface area contributed by atoms with E-state index in [0.717, 1.165) is 12.6 Å². The summed E-state index contributed by atoms with van der Waals surface area (Å²) < 4.78 is 15.0. The molecule has 0 aliphatic rings. The zero-order valence-electron chi connectivity index (χ0n) is 9.73. The lowest BCUT2D eigenvalue weighted by Crippen LogP contribution is -2.13. The van der Waals surface area contributed by atoms with Crippen molar-refractivity contribution >= 4 is 17.4 Å². The molecule has 0 saturated carbocycles. The van der Waals surface area contributed by atoms with Gasteiger partial charge in [-0.1, -0.05) is 18.5 Å². The lowest BCUT2D eigenvalue weighted by atomic mass is 10.1. The summed E-state index contributed by atoms with van der Waals surface area (Å²) in [6, 6.07) is 1.33. The fraction of sp³-hybridized carbons (Fsp3) is 0.250. The van der Waals surface area contributed by atoms with E-state index >= 15 is 0 Å². The van der Waals surface area contributed by atoms with Crippen molar-refractivity contribution < 1.29 is 9.18 Å². The number of nitrogens with zero attached hydrogens (tertiary/aromatic N) is 3. The third-order valence-corrected chi connectivity index (χ3v) is 2.74. The maximum atomic E-state index is 13.5. The zero-order chi connectivity index (χ0) is 13.1. The Morgan fingerprint density at radius 2 is 2.28 bits per heavy atom. The number of aryl methyl sites for hydroxylation is 1. The van der Waals surface area contributed by atoms with E-state index in [4.69, 9.17) is 11.6 Å². The number of carbonyl (C=O) groups is 1. The molecule has 0 saturated heterocycles. The Hall–Kier alpha value is -1.75. The summed E-state index contributed by atoms with van der Waals surface area (Å²) in [5.41, 5.74) is 0.161. The molecule has 0 atom stereocenters. The summed E-state index contributed by atoms with van der Waals surface area (Å²) in [5, 5.41) is 4.23. The average molecular weight is 268 g/mol. The number of hydrogen-bond donors (Lipinski definition) is 0. The van der Waals surface area contributed by atoms with E-state index in [1.165, 1.54) is 23.1 Å². The smallest absolute Gasteiger partial charge is 0.215 e. The van der Waals surface area contributed by atoms with Crippen molar-refractivity contribution in [2.75, 3.05) is 0 Å². The Morgan fingerprint density at radius 3 is 2.94 bits per heavy atom. The van der Waals surface area contributed by atoms with E-state index in [-0.39, 0.29) is 16.3 Å². The molecular formula is C12H11ClFN3O. The molecule has 2 heterocycles. The van der Waals surface area contributed by atoms with Crippen molar-refractivity contribution in [2.45, 2.75) is 19.9 Å². The van der Waals surface area contributed by atoms with Crippen LogP contribution in [-0.4, -0.2) is 20.5 Å². The highest BCUT2D eigenvalue weighted by molar-refractivity contribution is 6.34. The first-order chi connectivity index (χ1) is 8.65. The molecule has 18 heavy (non-hydrogen) atoms. The van der Waals surface area contributed by atoms with Gasteiger partial charge < -0.3 is 0 Å². The molecule has 0 spiro atoms. The molecule has 0 fully saturated rings. The predicted octanol–water partition coefficient (Wildman–Crippen LogP) is 2.71. The van der Waals surface area contributed by atoms with Gasteiger partial charge in [0.1, 0.15) is 5.69 Å². The second-order valence-corrected chi connectivity index (χ2v) is 4.16. The van der Waals surface area contributed by atoms with Crippen molar-refractivity contribution in [3.63, 3.8) is 0 Å². The van der Waals surface area contributed by atoms with E-state index < -0.39 is 11.6 Å². The number of hydrogen-bond acceptors (Lipinski definition) is 3. The first-order valence-corrected chi connectivity index (χ1v) is 5.88. The number of carbonyl (C=O) groups excluding carboxylic acids is 1. The Labute approximate surface area is 108 Å². The normalized spacial score (nSPS) is 10.6. The molecule has 0 aromatic carbocycles. The van der Waals surface area contributed by atoms with E-state index in [1.54, 1.807) is 0 Å². The van der Waals surface area contributed by atoms with Gasteiger partial charge in [-0.25, -0.2) is 4.39 Å². The maximum absolute atomic E-state index is 13.5. The Bertz CT molecular complexity index is 582. The number of ketones is 1. The van der Waals surface area contributed by atoms with E-state index in [2.05, 4.69) is 10.1 Å². The van der Waals surface area contributed by atoms with E-state index in [0.29, 0.717) is 6.54 Å². The summed E-state index contributed by atoms with van der Waals surface area (Å²) in [5.74, 6) is -1.14. The highest BCUT2D eigenvalue weighted by Crippen LogP contribution is 2.20. The van der Waals surface area contributed by atoms with Crippen LogP contribution in [0.1, 0.15) is 29.4 Å². The van der Waals surface area contributed by atoms with E-state index in [1.807, 2.05) is 6.92 Å². The number of rotatable bonds is 4. The van der Waals surface area contributed by atoms with Crippen LogP contribution in [0.25, 0.3) is 0 Å². The van der Waals surface area contributed by atoms with Gasteiger partial charge in [0.2, 0.25) is 5.78 Å². The fourth-order valence-corrected chi connectivity index (χ4v) is 1.88. The molecule has 0 aliphatic carbocycles. The van der Waals surface area contributed by atoms with Crippen LogP contribution < -0.4 is 0 Å². The minimum atomic E-state index is -0.664. The highest BCUT2D eigenvalue weighted by atomic mass is 35.5. The quantitative estimate of drug-likeness (QED) is 0.800. The number of halogens is 2. The van der Waals surface area contributed by atoms with Crippen LogP contribution in [0.2, 0.25) is 5.02 Å². The second-order valence-electron chi connectivity index (χ2n) is 3.75. The molecule has 0 radical (unpaired) electrons. The Kier molecular flexibility index (Phi) is 3.72. The van der Waals surface area contributed by atoms with Crippen molar-refractivity contribution in [3.8, 4) is 0 Å². The molecule has 0 N–H and O–H groups in total. The van der Waals surface area contributed by atoms with Crippen LogP contribution in [0.3, 0.4) is 0 Å². The van der Waals surface area contributed by atoms with Crippen LogP contribution in [0.4, 0.5) is 4.39 Å². The van der Waals surface area contributed by atoms with Crippen molar-refractivity contribution in [1.29, 1.82) is 0 Å². The Balaban J connectivity index is 2.46. The summed E-state index contributed by atoms with van der Waals surface area (Å²) in [6.45, 7) is 2.51. The van der Waals surface area contributed by atoms with Crippen LogP contribution in [-0.2, 0) is 6.54 Å². The first kappa shape index (κ1) is 12.7. The summed E-state index contributed by atoms with van der Waals surface area (Å²) >= 11 is 5.94. The van der Waals surface area contributed by atoms with Gasteiger partial charge >= 0.3 is 0 Å². The molecule has 0 amide bonds. The summed E-state index contributed by atoms with van der Waals surface area (Å²) in [6.07, 6.45) is 4.56. The molecule has 2 aromatic rings. The van der Waals surface area contributed by atoms with Gasteiger partial charge in [0.15, 0.2) is 5.82 Å². The summed E-state index contributed by atoms with van der Waals surface area (Å²) in [7, 11) is 0. The molecule has 0 aliphatic heterocycles. The second kappa shape index (κ2) is 5.27. The molecule has 0 unspecified atom stereocenters. The van der Waals surface area contributed by atoms with Gasteiger partial charge in [-0.3, -0.25) is 14.5 Å². The monoisotopic (exact) mass is 267 g/mol.